The highest BCUT2D eigenvalue weighted by Gasteiger charge is 2.10. The molecule has 0 unspecified atom stereocenters. The quantitative estimate of drug-likeness (QED) is 0.596. The van der Waals surface area contributed by atoms with E-state index in [1.54, 1.807) is 0 Å². The van der Waals surface area contributed by atoms with Crippen LogP contribution in [0, 0.1) is 10.1 Å². The van der Waals surface area contributed by atoms with E-state index in [4.69, 9.17) is 0 Å². The van der Waals surface area contributed by atoms with Crippen LogP contribution >= 0.6 is 0 Å². The Kier molecular flexibility index (Phi) is 2.24. The molecule has 16 heavy (non-hydrogen) atoms. The highest BCUT2D eigenvalue weighted by molar-refractivity contribution is 5.46. The second-order valence-corrected chi connectivity index (χ2v) is 3.16. The lowest BCUT2D eigenvalue weighted by Gasteiger charge is -2.05. The minimum absolute atomic E-state index is 0.0464. The summed E-state index contributed by atoms with van der Waals surface area (Å²) < 4.78 is 1.17. The first-order valence-electron chi connectivity index (χ1n) is 4.44. The average molecular weight is 220 g/mol. The average Bonchev–Trinajstić information content (AvgIpc) is 2.59. The van der Waals surface area contributed by atoms with Crippen molar-refractivity contribution in [3.63, 3.8) is 0 Å². The van der Waals surface area contributed by atoms with Crippen LogP contribution in [0.25, 0.3) is 5.69 Å². The Morgan fingerprint density at radius 3 is 1.94 bits per heavy atom. The molecule has 1 aromatic heterocycles. The minimum Gasteiger partial charge on any atom is -0.494 e. The molecule has 0 spiro atoms. The number of hydrogen-bond donors (Lipinski definition) is 2. The van der Waals surface area contributed by atoms with Crippen molar-refractivity contribution in [3.05, 3.63) is 46.5 Å². The molecule has 0 aliphatic heterocycles. The van der Waals surface area contributed by atoms with Crippen molar-refractivity contribution in [1.82, 2.24) is 4.57 Å². The van der Waals surface area contributed by atoms with Gasteiger partial charge in [-0.3, -0.25) is 14.7 Å². The Balaban J connectivity index is 2.46. The van der Waals surface area contributed by atoms with Crippen molar-refractivity contribution in [2.45, 2.75) is 0 Å². The van der Waals surface area contributed by atoms with Crippen LogP contribution in [-0.4, -0.2) is 19.7 Å². The van der Waals surface area contributed by atoms with Crippen LogP contribution < -0.4 is 0 Å². The number of rotatable bonds is 2. The van der Waals surface area contributed by atoms with E-state index in [-0.39, 0.29) is 17.4 Å². The molecule has 6 heteroatoms. The number of nitro benzene ring substituents is 1. The third-order valence-electron chi connectivity index (χ3n) is 2.16. The second kappa shape index (κ2) is 3.58. The van der Waals surface area contributed by atoms with Crippen molar-refractivity contribution in [3.8, 4) is 17.4 Å². The predicted octanol–water partition coefficient (Wildman–Crippen LogP) is 1.80. The van der Waals surface area contributed by atoms with Gasteiger partial charge in [0.05, 0.1) is 10.6 Å². The molecule has 0 fully saturated rings. The largest absolute Gasteiger partial charge is 0.494 e. The highest BCUT2D eigenvalue weighted by Crippen LogP contribution is 2.27. The van der Waals surface area contributed by atoms with E-state index < -0.39 is 4.92 Å². The summed E-state index contributed by atoms with van der Waals surface area (Å²) in [4.78, 5) is 9.92. The summed E-state index contributed by atoms with van der Waals surface area (Å²) in [6.45, 7) is 0. The van der Waals surface area contributed by atoms with Gasteiger partial charge in [-0.15, -0.1) is 0 Å². The summed E-state index contributed by atoms with van der Waals surface area (Å²) in [7, 11) is 0. The smallest absolute Gasteiger partial charge is 0.269 e. The van der Waals surface area contributed by atoms with Gasteiger partial charge in [0.2, 0.25) is 0 Å². The molecular weight excluding hydrogens is 212 g/mol. The first-order valence-corrected chi connectivity index (χ1v) is 4.44. The van der Waals surface area contributed by atoms with Crippen LogP contribution in [0.4, 0.5) is 5.69 Å². The maximum atomic E-state index is 10.4. The van der Waals surface area contributed by atoms with Gasteiger partial charge >= 0.3 is 0 Å². The Bertz CT molecular complexity index is 511. The number of hydrogen-bond acceptors (Lipinski definition) is 4. The third kappa shape index (κ3) is 1.56. The fourth-order valence-electron chi connectivity index (χ4n) is 1.40. The van der Waals surface area contributed by atoms with E-state index in [9.17, 15) is 20.3 Å². The molecule has 0 saturated carbocycles. The van der Waals surface area contributed by atoms with Gasteiger partial charge in [0.1, 0.15) is 0 Å². The van der Waals surface area contributed by atoms with Gasteiger partial charge in [0.25, 0.3) is 5.69 Å². The molecule has 0 amide bonds. The van der Waals surface area contributed by atoms with Crippen LogP contribution in [0.5, 0.6) is 11.8 Å². The molecule has 0 bridgehead atoms. The normalized spacial score (nSPS) is 10.2. The molecule has 2 rings (SSSR count). The van der Waals surface area contributed by atoms with E-state index in [0.717, 1.165) is 0 Å². The first-order chi connectivity index (χ1) is 7.59. The van der Waals surface area contributed by atoms with Gasteiger partial charge in [0.15, 0.2) is 11.8 Å². The summed E-state index contributed by atoms with van der Waals surface area (Å²) in [5.41, 5.74) is 0.403. The summed E-state index contributed by atoms with van der Waals surface area (Å²) in [6.07, 6.45) is 0. The number of aromatic nitrogens is 1. The van der Waals surface area contributed by atoms with Crippen molar-refractivity contribution < 1.29 is 15.1 Å². The van der Waals surface area contributed by atoms with E-state index in [1.165, 1.54) is 41.0 Å². The number of aromatic hydroxyl groups is 2. The molecule has 82 valence electrons. The number of non-ortho nitro benzene ring substituents is 1. The van der Waals surface area contributed by atoms with E-state index >= 15 is 0 Å². The minimum atomic E-state index is -0.515. The summed E-state index contributed by atoms with van der Waals surface area (Å²) in [5, 5.41) is 29.3. The fraction of sp³-hybridized carbons (Fsp3) is 0. The Hall–Kier alpha value is -2.50. The van der Waals surface area contributed by atoms with Crippen LogP contribution in [0.1, 0.15) is 0 Å². The lowest BCUT2D eigenvalue weighted by Crippen LogP contribution is -1.93. The molecule has 0 radical (unpaired) electrons. The molecule has 1 aromatic carbocycles. The van der Waals surface area contributed by atoms with Gasteiger partial charge in [-0.25, -0.2) is 0 Å². The Morgan fingerprint density at radius 2 is 1.50 bits per heavy atom. The molecule has 2 aromatic rings. The molecule has 0 atom stereocenters. The second-order valence-electron chi connectivity index (χ2n) is 3.16. The molecule has 0 saturated heterocycles. The molecule has 2 N–H and O–H groups in total. The molecule has 0 aliphatic carbocycles. The first kappa shape index (κ1) is 10.0. The van der Waals surface area contributed by atoms with E-state index in [0.29, 0.717) is 5.69 Å². The lowest BCUT2D eigenvalue weighted by molar-refractivity contribution is -0.384. The summed E-state index contributed by atoms with van der Waals surface area (Å²) >= 11 is 0. The zero-order valence-electron chi connectivity index (χ0n) is 8.07. The van der Waals surface area contributed by atoms with Gasteiger partial charge in [-0.05, 0) is 12.1 Å². The van der Waals surface area contributed by atoms with Gasteiger partial charge in [0, 0.05) is 24.3 Å². The third-order valence-corrected chi connectivity index (χ3v) is 2.16. The maximum Gasteiger partial charge on any atom is 0.269 e. The van der Waals surface area contributed by atoms with Crippen LogP contribution in [-0.2, 0) is 0 Å². The van der Waals surface area contributed by atoms with E-state index in [1.807, 2.05) is 0 Å². The fourth-order valence-corrected chi connectivity index (χ4v) is 1.40. The summed E-state index contributed by atoms with van der Waals surface area (Å²) in [5.74, 6) is -0.266. The van der Waals surface area contributed by atoms with Gasteiger partial charge < -0.3 is 10.2 Å². The monoisotopic (exact) mass is 220 g/mol. The number of nitrogens with zero attached hydrogens (tertiary/aromatic N) is 2. The highest BCUT2D eigenvalue weighted by atomic mass is 16.6. The predicted molar refractivity (Wildman–Crippen MR) is 55.8 cm³/mol. The molecular formula is C10H8N2O4. The van der Waals surface area contributed by atoms with Gasteiger partial charge in [-0.1, -0.05) is 0 Å². The van der Waals surface area contributed by atoms with Crippen molar-refractivity contribution in [2.24, 2.45) is 0 Å². The zero-order chi connectivity index (χ0) is 11.7. The van der Waals surface area contributed by atoms with E-state index in [2.05, 4.69) is 0 Å². The molecule has 6 nitrogen and oxygen atoms in total. The Morgan fingerprint density at radius 1 is 1.00 bits per heavy atom. The zero-order valence-corrected chi connectivity index (χ0v) is 8.07. The number of benzene rings is 1. The number of nitro groups is 1. The van der Waals surface area contributed by atoms with Crippen LogP contribution in [0.3, 0.4) is 0 Å². The topological polar surface area (TPSA) is 88.5 Å². The molecule has 0 aliphatic rings. The standard InChI is InChI=1S/C10H8N2O4/c13-9-5-6-10(14)11(9)7-1-3-8(4-2-7)12(15)16/h1-6,13-14H. The molecule has 1 heterocycles. The van der Waals surface area contributed by atoms with Crippen molar-refractivity contribution >= 4 is 5.69 Å². The van der Waals surface area contributed by atoms with Crippen LogP contribution in [0.2, 0.25) is 0 Å². The SMILES string of the molecule is O=[N+]([O-])c1ccc(-n2c(O)ccc2O)cc1. The summed E-state index contributed by atoms with van der Waals surface area (Å²) in [6, 6.07) is 8.14. The van der Waals surface area contributed by atoms with Gasteiger partial charge in [-0.2, -0.15) is 0 Å². The Labute approximate surface area is 90.1 Å². The lowest BCUT2D eigenvalue weighted by atomic mass is 10.3. The maximum absolute atomic E-state index is 10.4. The van der Waals surface area contributed by atoms with Crippen molar-refractivity contribution in [1.29, 1.82) is 0 Å². The van der Waals surface area contributed by atoms with Crippen LogP contribution in [0.15, 0.2) is 36.4 Å². The van der Waals surface area contributed by atoms with Crippen molar-refractivity contribution in [2.75, 3.05) is 0 Å².